The quantitative estimate of drug-likeness (QED) is 0.777. The van der Waals surface area contributed by atoms with Crippen LogP contribution in [0.3, 0.4) is 0 Å². The van der Waals surface area contributed by atoms with Crippen molar-refractivity contribution in [1.82, 2.24) is 5.32 Å². The molecule has 0 spiro atoms. The van der Waals surface area contributed by atoms with Gasteiger partial charge in [-0.05, 0) is 17.7 Å². The lowest BCUT2D eigenvalue weighted by atomic mass is 9.91. The third kappa shape index (κ3) is 6.69. The Morgan fingerprint density at radius 1 is 1.22 bits per heavy atom. The minimum Gasteiger partial charge on any atom is -0.458 e. The highest BCUT2D eigenvalue weighted by Crippen LogP contribution is 2.20. The number of hydrogen-bond acceptors (Lipinski definition) is 4. The molecule has 3 N–H and O–H groups in total. The molecule has 0 aliphatic rings. The van der Waals surface area contributed by atoms with E-state index >= 15 is 0 Å². The number of Topliss-reactive ketones (excluding diaryl/α,β-unsaturated/α-hetero) is 1. The van der Waals surface area contributed by atoms with Gasteiger partial charge >= 0.3 is 12.0 Å². The molecule has 0 saturated carbocycles. The molecule has 0 fully saturated rings. The average Bonchev–Trinajstić information content (AvgIpc) is 2.43. The van der Waals surface area contributed by atoms with Gasteiger partial charge in [-0.3, -0.25) is 9.59 Å². The Morgan fingerprint density at radius 2 is 1.78 bits per heavy atom. The van der Waals surface area contributed by atoms with Gasteiger partial charge in [0.1, 0.15) is 0 Å². The number of carbonyl (C=O) groups excluding carboxylic acids is 3. The molecule has 0 radical (unpaired) electrons. The number of primary amides is 1. The number of halogens is 1. The topological polar surface area (TPSA) is 98.5 Å². The second kappa shape index (κ2) is 7.97. The number of urea groups is 1. The Labute approximate surface area is 140 Å². The van der Waals surface area contributed by atoms with Gasteiger partial charge in [-0.25, -0.2) is 4.79 Å². The van der Waals surface area contributed by atoms with Crippen molar-refractivity contribution in [2.45, 2.75) is 33.2 Å². The summed E-state index contributed by atoms with van der Waals surface area (Å²) in [5.41, 5.74) is 5.21. The second-order valence-corrected chi connectivity index (χ2v) is 6.59. The van der Waals surface area contributed by atoms with Gasteiger partial charge in [-0.15, -0.1) is 0 Å². The lowest BCUT2D eigenvalue weighted by Crippen LogP contribution is -2.35. The molecule has 6 nitrogen and oxygen atoms in total. The lowest BCUT2D eigenvalue weighted by molar-refractivity contribution is -0.150. The fraction of sp³-hybridized carbons (Fsp3) is 0.438. The molecule has 0 heterocycles. The normalized spacial score (nSPS) is 12.3. The predicted molar refractivity (Wildman–Crippen MR) is 87.0 cm³/mol. The number of ketones is 1. The van der Waals surface area contributed by atoms with Gasteiger partial charge in [-0.2, -0.15) is 0 Å². The fourth-order valence-electron chi connectivity index (χ4n) is 1.71. The van der Waals surface area contributed by atoms with Gasteiger partial charge < -0.3 is 15.8 Å². The van der Waals surface area contributed by atoms with Crippen LogP contribution >= 0.6 is 11.6 Å². The van der Waals surface area contributed by atoms with Crippen LogP contribution in [0.2, 0.25) is 5.02 Å². The summed E-state index contributed by atoms with van der Waals surface area (Å²) < 4.78 is 4.98. The highest BCUT2D eigenvalue weighted by molar-refractivity contribution is 6.30. The molecule has 2 amide bonds. The van der Waals surface area contributed by atoms with Gasteiger partial charge in [0.05, 0.1) is 12.5 Å². The number of benzene rings is 1. The number of ether oxygens (including phenoxy) is 1. The lowest BCUT2D eigenvalue weighted by Gasteiger charge is -2.19. The number of hydrogen-bond donors (Lipinski definition) is 2. The van der Waals surface area contributed by atoms with E-state index in [1.165, 1.54) is 0 Å². The maximum atomic E-state index is 11.9. The van der Waals surface area contributed by atoms with Gasteiger partial charge in [0.25, 0.3) is 0 Å². The smallest absolute Gasteiger partial charge is 0.312 e. The summed E-state index contributed by atoms with van der Waals surface area (Å²) in [7, 11) is 0. The summed E-state index contributed by atoms with van der Waals surface area (Å²) in [4.78, 5) is 34.8. The summed E-state index contributed by atoms with van der Waals surface area (Å²) in [6.45, 7) is 4.93. The van der Waals surface area contributed by atoms with E-state index in [9.17, 15) is 14.4 Å². The van der Waals surface area contributed by atoms with Crippen LogP contribution in [0.4, 0.5) is 4.79 Å². The molecule has 1 aromatic rings. The summed E-state index contributed by atoms with van der Waals surface area (Å²) in [5.74, 6) is -0.784. The number of nitrogens with one attached hydrogen (secondary N) is 1. The van der Waals surface area contributed by atoms with Crippen LogP contribution < -0.4 is 11.1 Å². The molecule has 1 rings (SSSR count). The maximum absolute atomic E-state index is 11.9. The third-order valence-corrected chi connectivity index (χ3v) is 3.41. The van der Waals surface area contributed by atoms with E-state index in [0.717, 1.165) is 0 Å². The van der Waals surface area contributed by atoms with E-state index < -0.39 is 23.5 Å². The molecule has 1 atom stereocenters. The Kier molecular flexibility index (Phi) is 6.57. The molecule has 23 heavy (non-hydrogen) atoms. The SMILES string of the molecule is CC(C)(C)C(=O)COC(=O)C[C@@H](NC(N)=O)c1ccc(Cl)cc1. The van der Waals surface area contributed by atoms with Crippen LogP contribution in [0.25, 0.3) is 0 Å². The van der Waals surface area contributed by atoms with E-state index in [1.807, 2.05) is 0 Å². The first-order valence-electron chi connectivity index (χ1n) is 7.10. The van der Waals surface area contributed by atoms with Crippen LogP contribution in [-0.4, -0.2) is 24.4 Å². The minimum absolute atomic E-state index is 0.137. The van der Waals surface area contributed by atoms with Crippen LogP contribution in [0, 0.1) is 5.41 Å². The molecule has 0 aromatic heterocycles. The Hall–Kier alpha value is -2.08. The molecule has 126 valence electrons. The van der Waals surface area contributed by atoms with Gasteiger partial charge in [0.15, 0.2) is 12.4 Å². The number of esters is 1. The molecule has 0 aliphatic heterocycles. The maximum Gasteiger partial charge on any atom is 0.312 e. The second-order valence-electron chi connectivity index (χ2n) is 6.15. The van der Waals surface area contributed by atoms with Crippen molar-refractivity contribution in [3.05, 3.63) is 34.9 Å². The van der Waals surface area contributed by atoms with Gasteiger partial charge in [0.2, 0.25) is 0 Å². The van der Waals surface area contributed by atoms with Gasteiger partial charge in [0, 0.05) is 10.4 Å². The summed E-state index contributed by atoms with van der Waals surface area (Å²) in [5, 5.41) is 3.01. The zero-order valence-corrected chi connectivity index (χ0v) is 14.1. The van der Waals surface area contributed by atoms with Crippen molar-refractivity contribution in [2.75, 3.05) is 6.61 Å². The monoisotopic (exact) mass is 340 g/mol. The molecule has 1 aromatic carbocycles. The molecule has 0 saturated heterocycles. The first-order chi connectivity index (χ1) is 10.6. The molecular weight excluding hydrogens is 320 g/mol. The van der Waals surface area contributed by atoms with Crippen molar-refractivity contribution >= 4 is 29.4 Å². The number of amides is 2. The highest BCUT2D eigenvalue weighted by Gasteiger charge is 2.24. The zero-order chi connectivity index (χ0) is 17.6. The van der Waals surface area contributed by atoms with Crippen LogP contribution in [-0.2, 0) is 14.3 Å². The Balaban J connectivity index is 2.70. The largest absolute Gasteiger partial charge is 0.458 e. The Morgan fingerprint density at radius 3 is 2.26 bits per heavy atom. The number of rotatable bonds is 6. The Bertz CT molecular complexity index is 579. The molecule has 7 heteroatoms. The molecule has 0 unspecified atom stereocenters. The average molecular weight is 341 g/mol. The zero-order valence-electron chi connectivity index (χ0n) is 13.4. The summed E-state index contributed by atoms with van der Waals surface area (Å²) in [6.07, 6.45) is -0.137. The van der Waals surface area contributed by atoms with Crippen molar-refractivity contribution in [3.63, 3.8) is 0 Å². The first kappa shape index (κ1) is 19.0. The highest BCUT2D eigenvalue weighted by atomic mass is 35.5. The van der Waals surface area contributed by atoms with Gasteiger partial charge in [-0.1, -0.05) is 44.5 Å². The van der Waals surface area contributed by atoms with E-state index in [0.29, 0.717) is 10.6 Å². The van der Waals surface area contributed by atoms with E-state index in [2.05, 4.69) is 5.32 Å². The number of nitrogens with two attached hydrogens (primary N) is 1. The number of carbonyl (C=O) groups is 3. The third-order valence-electron chi connectivity index (χ3n) is 3.16. The molecule has 0 aliphatic carbocycles. The van der Waals surface area contributed by atoms with E-state index in [1.54, 1.807) is 45.0 Å². The van der Waals surface area contributed by atoms with Crippen LogP contribution in [0.15, 0.2) is 24.3 Å². The van der Waals surface area contributed by atoms with Crippen LogP contribution in [0.5, 0.6) is 0 Å². The predicted octanol–water partition coefficient (Wildman–Crippen LogP) is 2.60. The minimum atomic E-state index is -0.761. The first-order valence-corrected chi connectivity index (χ1v) is 7.47. The fourth-order valence-corrected chi connectivity index (χ4v) is 1.83. The van der Waals surface area contributed by atoms with Crippen molar-refractivity contribution in [3.8, 4) is 0 Å². The molecule has 0 bridgehead atoms. The van der Waals surface area contributed by atoms with E-state index in [-0.39, 0.29) is 18.8 Å². The summed E-state index contributed by atoms with van der Waals surface area (Å²) in [6, 6.07) is 5.22. The summed E-state index contributed by atoms with van der Waals surface area (Å²) >= 11 is 5.81. The van der Waals surface area contributed by atoms with Crippen molar-refractivity contribution in [2.24, 2.45) is 11.1 Å². The van der Waals surface area contributed by atoms with Crippen molar-refractivity contribution in [1.29, 1.82) is 0 Å². The van der Waals surface area contributed by atoms with Crippen molar-refractivity contribution < 1.29 is 19.1 Å². The van der Waals surface area contributed by atoms with E-state index in [4.69, 9.17) is 22.1 Å². The van der Waals surface area contributed by atoms with Crippen LogP contribution in [0.1, 0.15) is 38.8 Å². The standard InChI is InChI=1S/C16H21ClN2O4/c1-16(2,3)13(20)9-23-14(21)8-12(19-15(18)22)10-4-6-11(17)7-5-10/h4-7,12H,8-9H2,1-3H3,(H3,18,19,22)/t12-/m1/s1. The molecular formula is C16H21ClN2O4.